The Morgan fingerprint density at radius 1 is 1.14 bits per heavy atom. The maximum atomic E-state index is 12.5. The highest BCUT2D eigenvalue weighted by Crippen LogP contribution is 2.23. The van der Waals surface area contributed by atoms with E-state index in [1.54, 1.807) is 11.3 Å². The van der Waals surface area contributed by atoms with Gasteiger partial charge in [0.05, 0.1) is 42.9 Å². The predicted molar refractivity (Wildman–Crippen MR) is 110 cm³/mol. The molecule has 0 radical (unpaired) electrons. The Hall–Kier alpha value is -1.99. The van der Waals surface area contributed by atoms with Crippen LogP contribution in [-0.2, 0) is 16.1 Å². The number of thiazole rings is 1. The average molecular weight is 402 g/mol. The fraction of sp³-hybridized carbons (Fsp3) is 0.571. The van der Waals surface area contributed by atoms with Gasteiger partial charge in [-0.2, -0.15) is 0 Å². The summed E-state index contributed by atoms with van der Waals surface area (Å²) in [5.41, 5.74) is 1.07. The van der Waals surface area contributed by atoms with Crippen molar-refractivity contribution in [2.45, 2.75) is 38.6 Å². The molecule has 2 amide bonds. The first-order chi connectivity index (χ1) is 13.7. The number of carbonyl (C=O) groups is 2. The summed E-state index contributed by atoms with van der Waals surface area (Å²) in [6.07, 6.45) is 5.42. The summed E-state index contributed by atoms with van der Waals surface area (Å²) >= 11 is 1.76. The Balaban J connectivity index is 1.21. The fourth-order valence-corrected chi connectivity index (χ4v) is 5.28. The maximum absolute atomic E-state index is 12.5. The van der Waals surface area contributed by atoms with Crippen LogP contribution in [0, 0.1) is 5.92 Å². The molecule has 7 heteroatoms. The lowest BCUT2D eigenvalue weighted by atomic mass is 9.89. The molecule has 1 saturated carbocycles. The largest absolute Gasteiger partial charge is 0.347 e. The topological polar surface area (TPSA) is 66.7 Å². The van der Waals surface area contributed by atoms with E-state index in [0.717, 1.165) is 68.9 Å². The summed E-state index contributed by atoms with van der Waals surface area (Å²) in [5, 5.41) is 4.03. The standard InChI is InChI=1S/C21H28N4O2S/c26-20(14-22-21(27)16-6-2-1-3-7-16)25-12-10-24(11-13-25)15-19-23-17-8-4-5-9-18(17)28-19/h4-5,8-9,16H,1-3,6-7,10-15H2,(H,22,27)/p+1. The molecule has 2 aromatic rings. The van der Waals surface area contributed by atoms with Gasteiger partial charge in [0.15, 0.2) is 0 Å². The first-order valence-electron chi connectivity index (χ1n) is 10.4. The molecule has 6 nitrogen and oxygen atoms in total. The molecule has 4 rings (SSSR count). The number of rotatable bonds is 5. The van der Waals surface area contributed by atoms with Crippen molar-refractivity contribution in [3.8, 4) is 0 Å². The summed E-state index contributed by atoms with van der Waals surface area (Å²) in [7, 11) is 0. The fourth-order valence-electron chi connectivity index (χ4n) is 4.24. The molecule has 0 bridgehead atoms. The molecule has 2 heterocycles. The number of quaternary nitrogens is 1. The lowest BCUT2D eigenvalue weighted by Gasteiger charge is -2.32. The summed E-state index contributed by atoms with van der Waals surface area (Å²) in [4.78, 5) is 32.8. The molecule has 1 aromatic heterocycles. The summed E-state index contributed by atoms with van der Waals surface area (Å²) in [6.45, 7) is 4.41. The monoisotopic (exact) mass is 401 g/mol. The molecule has 2 aliphatic rings. The van der Waals surface area contributed by atoms with E-state index in [0.29, 0.717) is 0 Å². The number of nitrogens with zero attached hydrogens (tertiary/aromatic N) is 2. The molecule has 1 aliphatic heterocycles. The first kappa shape index (κ1) is 19.3. The van der Waals surface area contributed by atoms with Crippen molar-refractivity contribution in [3.63, 3.8) is 0 Å². The molecule has 1 saturated heterocycles. The number of amides is 2. The van der Waals surface area contributed by atoms with Gasteiger partial charge >= 0.3 is 0 Å². The SMILES string of the molecule is O=C(NCC(=O)N1CC[NH+](Cc2nc3ccccc3s2)CC1)C1CCCCC1. The van der Waals surface area contributed by atoms with Crippen LogP contribution in [0.5, 0.6) is 0 Å². The molecule has 2 fully saturated rings. The van der Waals surface area contributed by atoms with Crippen LogP contribution >= 0.6 is 11.3 Å². The van der Waals surface area contributed by atoms with Crippen LogP contribution in [0.4, 0.5) is 0 Å². The Bertz CT molecular complexity index is 790. The quantitative estimate of drug-likeness (QED) is 0.792. The Kier molecular flexibility index (Phi) is 6.22. The van der Waals surface area contributed by atoms with Crippen molar-refractivity contribution in [1.29, 1.82) is 0 Å². The zero-order chi connectivity index (χ0) is 19.3. The number of benzene rings is 1. The van der Waals surface area contributed by atoms with Gasteiger partial charge in [0, 0.05) is 5.92 Å². The van der Waals surface area contributed by atoms with Crippen LogP contribution in [0.2, 0.25) is 0 Å². The lowest BCUT2D eigenvalue weighted by molar-refractivity contribution is -0.917. The number of para-hydroxylation sites is 1. The van der Waals surface area contributed by atoms with Gasteiger partial charge < -0.3 is 15.1 Å². The number of hydrogen-bond acceptors (Lipinski definition) is 4. The van der Waals surface area contributed by atoms with Gasteiger partial charge in [0.2, 0.25) is 11.8 Å². The maximum Gasteiger partial charge on any atom is 0.242 e. The lowest BCUT2D eigenvalue weighted by Crippen LogP contribution is -3.13. The van der Waals surface area contributed by atoms with Gasteiger partial charge in [-0.3, -0.25) is 9.59 Å². The summed E-state index contributed by atoms with van der Waals surface area (Å²) in [6, 6.07) is 8.25. The molecule has 1 aliphatic carbocycles. The number of carbonyl (C=O) groups excluding carboxylic acids is 2. The molecule has 0 atom stereocenters. The molecule has 1 aromatic carbocycles. The van der Waals surface area contributed by atoms with Gasteiger partial charge in [0.1, 0.15) is 11.6 Å². The molecule has 0 unspecified atom stereocenters. The third-order valence-corrected chi connectivity index (χ3v) is 6.99. The Morgan fingerprint density at radius 2 is 1.89 bits per heavy atom. The Labute approximate surface area is 169 Å². The van der Waals surface area contributed by atoms with Crippen LogP contribution in [0.15, 0.2) is 24.3 Å². The van der Waals surface area contributed by atoms with Crippen molar-refractivity contribution >= 4 is 33.4 Å². The predicted octanol–water partition coefficient (Wildman–Crippen LogP) is 1.22. The van der Waals surface area contributed by atoms with Crippen molar-refractivity contribution in [1.82, 2.24) is 15.2 Å². The summed E-state index contributed by atoms with van der Waals surface area (Å²) in [5.74, 6) is 0.216. The van der Waals surface area contributed by atoms with E-state index in [4.69, 9.17) is 4.98 Å². The van der Waals surface area contributed by atoms with Crippen LogP contribution in [0.1, 0.15) is 37.1 Å². The van der Waals surface area contributed by atoms with Gasteiger partial charge in [0.25, 0.3) is 0 Å². The van der Waals surface area contributed by atoms with Crippen molar-refractivity contribution in [2.75, 3.05) is 32.7 Å². The number of aromatic nitrogens is 1. The van der Waals surface area contributed by atoms with Crippen LogP contribution in [0.3, 0.4) is 0 Å². The highest BCUT2D eigenvalue weighted by atomic mass is 32.1. The van der Waals surface area contributed by atoms with Gasteiger partial charge in [-0.25, -0.2) is 4.98 Å². The molecule has 2 N–H and O–H groups in total. The second-order valence-corrected chi connectivity index (χ2v) is 9.05. The second kappa shape index (κ2) is 9.01. The molecule has 150 valence electrons. The van der Waals surface area contributed by atoms with E-state index in [9.17, 15) is 9.59 Å². The zero-order valence-electron chi connectivity index (χ0n) is 16.3. The Morgan fingerprint density at radius 3 is 2.64 bits per heavy atom. The number of piperazine rings is 1. The van der Waals surface area contributed by atoms with E-state index in [-0.39, 0.29) is 24.3 Å². The normalized spacial score (nSPS) is 19.1. The third kappa shape index (κ3) is 4.70. The summed E-state index contributed by atoms with van der Waals surface area (Å²) < 4.78 is 1.24. The van der Waals surface area contributed by atoms with Crippen LogP contribution < -0.4 is 10.2 Å². The smallest absolute Gasteiger partial charge is 0.242 e. The van der Waals surface area contributed by atoms with Crippen molar-refractivity contribution in [3.05, 3.63) is 29.3 Å². The van der Waals surface area contributed by atoms with E-state index in [1.165, 1.54) is 16.0 Å². The number of fused-ring (bicyclic) bond motifs is 1. The zero-order valence-corrected chi connectivity index (χ0v) is 17.1. The van der Waals surface area contributed by atoms with Crippen molar-refractivity contribution < 1.29 is 14.5 Å². The minimum Gasteiger partial charge on any atom is -0.347 e. The number of hydrogen-bond donors (Lipinski definition) is 2. The number of nitrogens with one attached hydrogen (secondary N) is 2. The molecule has 0 spiro atoms. The van der Waals surface area contributed by atoms with Gasteiger partial charge in [-0.1, -0.05) is 31.4 Å². The van der Waals surface area contributed by atoms with E-state index in [1.807, 2.05) is 11.0 Å². The second-order valence-electron chi connectivity index (χ2n) is 7.94. The highest BCUT2D eigenvalue weighted by molar-refractivity contribution is 7.18. The van der Waals surface area contributed by atoms with E-state index >= 15 is 0 Å². The molecular weight excluding hydrogens is 372 g/mol. The average Bonchev–Trinajstić information content (AvgIpc) is 3.15. The van der Waals surface area contributed by atoms with Gasteiger partial charge in [-0.05, 0) is 25.0 Å². The minimum absolute atomic E-state index is 0.0446. The van der Waals surface area contributed by atoms with Gasteiger partial charge in [-0.15, -0.1) is 11.3 Å². The molecular formula is C21H29N4O2S+. The van der Waals surface area contributed by atoms with E-state index < -0.39 is 0 Å². The van der Waals surface area contributed by atoms with E-state index in [2.05, 4.69) is 23.5 Å². The van der Waals surface area contributed by atoms with Crippen molar-refractivity contribution in [2.24, 2.45) is 5.92 Å². The highest BCUT2D eigenvalue weighted by Gasteiger charge is 2.26. The molecule has 28 heavy (non-hydrogen) atoms. The van der Waals surface area contributed by atoms with Crippen LogP contribution in [0.25, 0.3) is 10.2 Å². The first-order valence-corrected chi connectivity index (χ1v) is 11.2. The third-order valence-electron chi connectivity index (χ3n) is 5.95. The van der Waals surface area contributed by atoms with Crippen LogP contribution in [-0.4, -0.2) is 54.4 Å². The minimum atomic E-state index is 0.0446.